The number of fused-ring (bicyclic) bond motifs is 1. The Morgan fingerprint density at radius 2 is 1.62 bits per heavy atom. The molecule has 0 aliphatic rings. The molecule has 0 saturated heterocycles. The first-order valence-electron chi connectivity index (χ1n) is 6.75. The molecule has 21 heavy (non-hydrogen) atoms. The fourth-order valence-corrected chi connectivity index (χ4v) is 2.79. The highest BCUT2D eigenvalue weighted by Crippen LogP contribution is 2.27. The van der Waals surface area contributed by atoms with Crippen molar-refractivity contribution in [1.82, 2.24) is 4.57 Å². The van der Waals surface area contributed by atoms with Crippen LogP contribution >= 0.6 is 0 Å². The van der Waals surface area contributed by atoms with Crippen LogP contribution in [-0.2, 0) is 0 Å². The van der Waals surface area contributed by atoms with Crippen LogP contribution in [0.25, 0.3) is 16.5 Å². The van der Waals surface area contributed by atoms with Gasteiger partial charge < -0.3 is 4.57 Å². The monoisotopic (exact) mass is 274 g/mol. The smallest absolute Gasteiger partial charge is 0.196 e. The number of hydrogen-bond donors (Lipinski definition) is 0. The first kappa shape index (κ1) is 13.1. The van der Waals surface area contributed by atoms with E-state index in [9.17, 15) is 4.79 Å². The molecule has 0 fully saturated rings. The van der Waals surface area contributed by atoms with Gasteiger partial charge in [-0.05, 0) is 44.2 Å². The highest BCUT2D eigenvalue weighted by molar-refractivity contribution is 5.89. The third-order valence-corrected chi connectivity index (χ3v) is 3.83. The number of para-hydroxylation sites is 1. The molecule has 0 atom stereocenters. The van der Waals surface area contributed by atoms with E-state index in [0.717, 1.165) is 27.8 Å². The lowest BCUT2D eigenvalue weighted by Crippen LogP contribution is -2.00. The predicted molar refractivity (Wildman–Crippen MR) is 83.7 cm³/mol. The Morgan fingerprint density at radius 3 is 2.29 bits per heavy atom. The van der Waals surface area contributed by atoms with E-state index in [1.54, 1.807) is 12.1 Å². The molecule has 0 bridgehead atoms. The molecule has 3 nitrogen and oxygen atoms in total. The average Bonchev–Trinajstić information content (AvgIpc) is 2.63. The van der Waals surface area contributed by atoms with E-state index in [4.69, 9.17) is 5.26 Å². The third-order valence-electron chi connectivity index (χ3n) is 3.83. The summed E-state index contributed by atoms with van der Waals surface area (Å²) < 4.78 is 2.15. The van der Waals surface area contributed by atoms with E-state index in [0.29, 0.717) is 0 Å². The van der Waals surface area contributed by atoms with Crippen molar-refractivity contribution in [3.05, 3.63) is 75.7 Å². The minimum absolute atomic E-state index is 0.179. The first-order valence-corrected chi connectivity index (χ1v) is 6.75. The van der Waals surface area contributed by atoms with Gasteiger partial charge in [0.15, 0.2) is 5.43 Å². The zero-order valence-electron chi connectivity index (χ0n) is 11.9. The van der Waals surface area contributed by atoms with E-state index in [-0.39, 0.29) is 11.0 Å². The Balaban J connectivity index is 2.45. The van der Waals surface area contributed by atoms with Crippen molar-refractivity contribution >= 4 is 10.8 Å². The first-order chi connectivity index (χ1) is 10.1. The quantitative estimate of drug-likeness (QED) is 0.682. The normalized spacial score (nSPS) is 10.5. The van der Waals surface area contributed by atoms with Crippen molar-refractivity contribution in [2.24, 2.45) is 0 Å². The van der Waals surface area contributed by atoms with Crippen LogP contribution in [0.5, 0.6) is 0 Å². The minimum Gasteiger partial charge on any atom is -0.317 e. The summed E-state index contributed by atoms with van der Waals surface area (Å²) in [6.07, 6.45) is 0. The minimum atomic E-state index is -0.237. The van der Waals surface area contributed by atoms with E-state index < -0.39 is 0 Å². The Bertz CT molecular complexity index is 931. The molecule has 3 aromatic rings. The van der Waals surface area contributed by atoms with Crippen molar-refractivity contribution in [2.45, 2.75) is 13.8 Å². The molecule has 0 aliphatic heterocycles. The molecule has 3 heteroatoms. The summed E-state index contributed by atoms with van der Waals surface area (Å²) in [7, 11) is 0. The van der Waals surface area contributed by atoms with E-state index in [1.807, 2.05) is 50.2 Å². The molecule has 0 saturated carbocycles. The van der Waals surface area contributed by atoms with Gasteiger partial charge in [0.1, 0.15) is 6.07 Å². The molecule has 0 amide bonds. The van der Waals surface area contributed by atoms with Crippen LogP contribution < -0.4 is 5.43 Å². The molecular weight excluding hydrogens is 260 g/mol. The van der Waals surface area contributed by atoms with Gasteiger partial charge in [0, 0.05) is 27.8 Å². The van der Waals surface area contributed by atoms with Crippen LogP contribution in [0.3, 0.4) is 0 Å². The molecule has 2 aromatic carbocycles. The van der Waals surface area contributed by atoms with Gasteiger partial charge in [0.25, 0.3) is 0 Å². The second kappa shape index (κ2) is 4.92. The number of aromatic nitrogens is 1. The number of rotatable bonds is 1. The molecule has 0 spiro atoms. The van der Waals surface area contributed by atoms with Crippen LogP contribution in [0.2, 0.25) is 0 Å². The maximum atomic E-state index is 11.8. The zero-order valence-corrected chi connectivity index (χ0v) is 11.9. The summed E-state index contributed by atoms with van der Waals surface area (Å²) in [5.41, 5.74) is 3.11. The highest BCUT2D eigenvalue weighted by atomic mass is 16.1. The Hall–Kier alpha value is -2.86. The van der Waals surface area contributed by atoms with Crippen molar-refractivity contribution in [1.29, 1.82) is 5.26 Å². The number of aryl methyl sites for hydroxylation is 2. The summed E-state index contributed by atoms with van der Waals surface area (Å²) in [5.74, 6) is 0. The molecule has 102 valence electrons. The number of nitriles is 1. The summed E-state index contributed by atoms with van der Waals surface area (Å²) in [6, 6.07) is 17.0. The van der Waals surface area contributed by atoms with Crippen molar-refractivity contribution < 1.29 is 0 Å². The maximum absolute atomic E-state index is 11.8. The third kappa shape index (κ3) is 2.02. The summed E-state index contributed by atoms with van der Waals surface area (Å²) in [5, 5.41) is 11.1. The number of hydrogen-bond acceptors (Lipinski definition) is 2. The second-order valence-electron chi connectivity index (χ2n) is 5.04. The van der Waals surface area contributed by atoms with Crippen molar-refractivity contribution in [2.75, 3.05) is 0 Å². The molecule has 0 aliphatic carbocycles. The van der Waals surface area contributed by atoms with E-state index in [1.165, 1.54) is 6.07 Å². The largest absolute Gasteiger partial charge is 0.317 e. The summed E-state index contributed by atoms with van der Waals surface area (Å²) in [6.45, 7) is 4.03. The molecular formula is C18H14N2O. The Kier molecular flexibility index (Phi) is 3.08. The Morgan fingerprint density at radius 1 is 0.952 bits per heavy atom. The fraction of sp³-hybridized carbons (Fsp3) is 0.111. The van der Waals surface area contributed by atoms with Gasteiger partial charge in [-0.3, -0.25) is 4.79 Å². The average molecular weight is 274 g/mol. The molecule has 1 aromatic heterocycles. The molecule has 0 radical (unpaired) electrons. The number of benzene rings is 1. The topological polar surface area (TPSA) is 45.8 Å². The lowest BCUT2D eigenvalue weighted by atomic mass is 10.2. The van der Waals surface area contributed by atoms with Crippen LogP contribution in [0.1, 0.15) is 17.0 Å². The SMILES string of the molecule is Cc1c2ccc(=O)c(C#N)cc2c(C)n1-c1ccccc1. The van der Waals surface area contributed by atoms with Crippen molar-refractivity contribution in [3.63, 3.8) is 0 Å². The fourth-order valence-electron chi connectivity index (χ4n) is 2.79. The standard InChI is InChI=1S/C18H14N2O/c1-12-16-8-9-18(21)14(11-19)10-17(16)13(2)20(12)15-6-4-3-5-7-15/h3-10H,1-2H3. The van der Waals surface area contributed by atoms with Crippen LogP contribution in [0.4, 0.5) is 0 Å². The summed E-state index contributed by atoms with van der Waals surface area (Å²) >= 11 is 0. The molecule has 3 rings (SSSR count). The molecule has 1 heterocycles. The second-order valence-corrected chi connectivity index (χ2v) is 5.04. The maximum Gasteiger partial charge on any atom is 0.196 e. The summed E-state index contributed by atoms with van der Waals surface area (Å²) in [4.78, 5) is 11.8. The van der Waals surface area contributed by atoms with Gasteiger partial charge in [0.2, 0.25) is 0 Å². The lowest BCUT2D eigenvalue weighted by Gasteiger charge is -2.08. The van der Waals surface area contributed by atoms with Crippen LogP contribution in [-0.4, -0.2) is 4.57 Å². The van der Waals surface area contributed by atoms with Gasteiger partial charge >= 0.3 is 0 Å². The Labute approximate surface area is 122 Å². The van der Waals surface area contributed by atoms with Gasteiger partial charge in [-0.1, -0.05) is 18.2 Å². The van der Waals surface area contributed by atoms with E-state index in [2.05, 4.69) is 4.57 Å². The highest BCUT2D eigenvalue weighted by Gasteiger charge is 2.12. The van der Waals surface area contributed by atoms with Gasteiger partial charge in [0.05, 0.1) is 5.56 Å². The van der Waals surface area contributed by atoms with Gasteiger partial charge in [-0.25, -0.2) is 0 Å². The van der Waals surface area contributed by atoms with Crippen LogP contribution in [0.15, 0.2) is 53.3 Å². The zero-order chi connectivity index (χ0) is 15.0. The van der Waals surface area contributed by atoms with Crippen molar-refractivity contribution in [3.8, 4) is 11.8 Å². The van der Waals surface area contributed by atoms with E-state index >= 15 is 0 Å². The van der Waals surface area contributed by atoms with Gasteiger partial charge in [-0.2, -0.15) is 5.26 Å². The predicted octanol–water partition coefficient (Wildman–Crippen LogP) is 3.48. The van der Waals surface area contributed by atoms with Gasteiger partial charge in [-0.15, -0.1) is 0 Å². The number of nitrogens with zero attached hydrogens (tertiary/aromatic N) is 2. The van der Waals surface area contributed by atoms with Crippen LogP contribution in [0, 0.1) is 25.2 Å². The molecule has 0 N–H and O–H groups in total. The lowest BCUT2D eigenvalue weighted by molar-refractivity contribution is 0.974. The molecule has 0 unspecified atom stereocenters.